The Morgan fingerprint density at radius 1 is 0.800 bits per heavy atom. The second-order valence-corrected chi connectivity index (χ2v) is 6.55. The van der Waals surface area contributed by atoms with Gasteiger partial charge in [0, 0.05) is 6.04 Å². The first kappa shape index (κ1) is 19.9. The molecule has 122 valence electrons. The summed E-state index contributed by atoms with van der Waals surface area (Å²) in [5.74, 6) is 1.98. The number of unbranched alkanes of at least 4 members (excludes halogenated alkanes) is 4. The van der Waals surface area contributed by atoms with E-state index in [1.807, 2.05) is 0 Å². The zero-order valence-corrected chi connectivity index (χ0v) is 14.4. The van der Waals surface area contributed by atoms with Crippen molar-refractivity contribution in [3.63, 3.8) is 0 Å². The number of piperidine rings is 1. The van der Waals surface area contributed by atoms with Crippen molar-refractivity contribution in [2.75, 3.05) is 6.54 Å². The summed E-state index contributed by atoms with van der Waals surface area (Å²) in [5.41, 5.74) is 0. The van der Waals surface area contributed by atoms with E-state index in [0.717, 1.165) is 17.9 Å². The molecular formula is C18H40N2. The van der Waals surface area contributed by atoms with Gasteiger partial charge in [0.05, 0.1) is 0 Å². The van der Waals surface area contributed by atoms with Crippen LogP contribution in [0.25, 0.3) is 0 Å². The van der Waals surface area contributed by atoms with E-state index >= 15 is 0 Å². The van der Waals surface area contributed by atoms with Crippen LogP contribution in [0.15, 0.2) is 0 Å². The number of hydrogen-bond acceptors (Lipinski definition) is 2. The van der Waals surface area contributed by atoms with Crippen molar-refractivity contribution >= 4 is 0 Å². The summed E-state index contributed by atoms with van der Waals surface area (Å²) < 4.78 is 0. The van der Waals surface area contributed by atoms with Gasteiger partial charge in [-0.3, -0.25) is 0 Å². The van der Waals surface area contributed by atoms with Crippen LogP contribution < -0.4 is 11.5 Å². The van der Waals surface area contributed by atoms with Gasteiger partial charge >= 0.3 is 0 Å². The topological polar surface area (TPSA) is 47.0 Å². The van der Waals surface area contributed by atoms with E-state index in [-0.39, 0.29) is 6.15 Å². The van der Waals surface area contributed by atoms with Gasteiger partial charge in [0.15, 0.2) is 0 Å². The molecule has 4 N–H and O–H groups in total. The minimum Gasteiger partial charge on any atom is -0.344 e. The Balaban J connectivity index is 0.00000361. The maximum Gasteiger partial charge on any atom is 0.00979 e. The van der Waals surface area contributed by atoms with Gasteiger partial charge in [-0.05, 0) is 37.6 Å². The highest BCUT2D eigenvalue weighted by atomic mass is 14.9. The lowest BCUT2D eigenvalue weighted by Crippen LogP contribution is -2.46. The number of nitrogens with one attached hydrogen (secondary N) is 1. The fourth-order valence-corrected chi connectivity index (χ4v) is 3.87. The van der Waals surface area contributed by atoms with E-state index < -0.39 is 0 Å². The smallest absolute Gasteiger partial charge is 0.00979 e. The van der Waals surface area contributed by atoms with Gasteiger partial charge in [-0.2, -0.15) is 0 Å². The highest BCUT2D eigenvalue weighted by Crippen LogP contribution is 2.34. The highest BCUT2D eigenvalue weighted by molar-refractivity contribution is 4.86. The molecule has 2 nitrogen and oxygen atoms in total. The molecule has 3 atom stereocenters. The van der Waals surface area contributed by atoms with Crippen molar-refractivity contribution in [3.8, 4) is 0 Å². The maximum absolute atomic E-state index is 3.84. The minimum absolute atomic E-state index is 0. The number of hydrogen-bond donors (Lipinski definition) is 2. The number of rotatable bonds is 10. The van der Waals surface area contributed by atoms with Crippen LogP contribution in [0.2, 0.25) is 0 Å². The standard InChI is InChI=1S/C18H37N.H3N/c1-4-7-9-12-17-16(11-6-3)14-15-19-18(17)13-10-8-5-2;/h16-19H,4-15H2,1-3H3;1H3. The summed E-state index contributed by atoms with van der Waals surface area (Å²) in [6.07, 6.45) is 15.6. The predicted octanol–water partition coefficient (Wildman–Crippen LogP) is 5.70. The second kappa shape index (κ2) is 12.6. The van der Waals surface area contributed by atoms with Crippen LogP contribution in [0, 0.1) is 11.8 Å². The molecule has 20 heavy (non-hydrogen) atoms. The van der Waals surface area contributed by atoms with E-state index in [9.17, 15) is 0 Å². The summed E-state index contributed by atoms with van der Waals surface area (Å²) in [5, 5.41) is 3.84. The van der Waals surface area contributed by atoms with Gasteiger partial charge in [0.1, 0.15) is 0 Å². The molecule has 1 heterocycles. The van der Waals surface area contributed by atoms with Crippen molar-refractivity contribution in [2.45, 2.75) is 97.4 Å². The van der Waals surface area contributed by atoms with Gasteiger partial charge < -0.3 is 11.5 Å². The molecule has 0 aromatic heterocycles. The van der Waals surface area contributed by atoms with Crippen molar-refractivity contribution < 1.29 is 0 Å². The van der Waals surface area contributed by atoms with Gasteiger partial charge in [0.2, 0.25) is 0 Å². The first-order valence-corrected chi connectivity index (χ1v) is 9.06. The molecule has 1 aliphatic rings. The molecule has 0 amide bonds. The highest BCUT2D eigenvalue weighted by Gasteiger charge is 2.31. The Morgan fingerprint density at radius 2 is 1.45 bits per heavy atom. The van der Waals surface area contributed by atoms with Gasteiger partial charge in [-0.15, -0.1) is 0 Å². The molecule has 0 aliphatic carbocycles. The molecule has 3 unspecified atom stereocenters. The van der Waals surface area contributed by atoms with Crippen LogP contribution in [0.1, 0.15) is 91.4 Å². The van der Waals surface area contributed by atoms with E-state index in [0.29, 0.717) is 0 Å². The van der Waals surface area contributed by atoms with Crippen LogP contribution in [0.5, 0.6) is 0 Å². The summed E-state index contributed by atoms with van der Waals surface area (Å²) in [7, 11) is 0. The Labute approximate surface area is 128 Å². The molecule has 1 saturated heterocycles. The Hall–Kier alpha value is -0.0800. The predicted molar refractivity (Wildman–Crippen MR) is 91.6 cm³/mol. The average molecular weight is 285 g/mol. The lowest BCUT2D eigenvalue weighted by atomic mass is 9.74. The minimum atomic E-state index is 0. The molecular weight excluding hydrogens is 244 g/mol. The van der Waals surface area contributed by atoms with Crippen molar-refractivity contribution in [1.29, 1.82) is 0 Å². The zero-order chi connectivity index (χ0) is 13.9. The molecule has 0 bridgehead atoms. The van der Waals surface area contributed by atoms with Crippen molar-refractivity contribution in [2.24, 2.45) is 11.8 Å². The van der Waals surface area contributed by atoms with Gasteiger partial charge in [0.25, 0.3) is 0 Å². The monoisotopic (exact) mass is 284 g/mol. The average Bonchev–Trinajstić information content (AvgIpc) is 2.42. The van der Waals surface area contributed by atoms with E-state index in [1.165, 1.54) is 77.2 Å². The third kappa shape index (κ3) is 7.08. The molecule has 1 rings (SSSR count). The summed E-state index contributed by atoms with van der Waals surface area (Å²) >= 11 is 0. The van der Waals surface area contributed by atoms with E-state index in [2.05, 4.69) is 26.1 Å². The SMILES string of the molecule is CCCCCC1NCCC(CCC)C1CCCCC.N. The van der Waals surface area contributed by atoms with Gasteiger partial charge in [-0.25, -0.2) is 0 Å². The van der Waals surface area contributed by atoms with Crippen LogP contribution in [0.3, 0.4) is 0 Å². The van der Waals surface area contributed by atoms with Crippen molar-refractivity contribution in [1.82, 2.24) is 11.5 Å². The van der Waals surface area contributed by atoms with Crippen LogP contribution in [-0.4, -0.2) is 12.6 Å². The van der Waals surface area contributed by atoms with Crippen LogP contribution in [0.4, 0.5) is 0 Å². The molecule has 0 spiro atoms. The van der Waals surface area contributed by atoms with E-state index in [4.69, 9.17) is 0 Å². The molecule has 0 saturated carbocycles. The summed E-state index contributed by atoms with van der Waals surface area (Å²) in [6, 6.07) is 0.828. The first-order valence-electron chi connectivity index (χ1n) is 9.06. The fourth-order valence-electron chi connectivity index (χ4n) is 3.87. The third-order valence-corrected chi connectivity index (χ3v) is 4.96. The quantitative estimate of drug-likeness (QED) is 0.505. The Kier molecular flexibility index (Phi) is 12.6. The fraction of sp³-hybridized carbons (Fsp3) is 1.00. The maximum atomic E-state index is 3.84. The molecule has 1 fully saturated rings. The second-order valence-electron chi connectivity index (χ2n) is 6.55. The normalized spacial score (nSPS) is 26.2. The largest absolute Gasteiger partial charge is 0.344 e. The molecule has 2 heteroatoms. The lowest BCUT2D eigenvalue weighted by Gasteiger charge is -2.39. The van der Waals surface area contributed by atoms with Crippen LogP contribution >= 0.6 is 0 Å². The Morgan fingerprint density at radius 3 is 2.05 bits per heavy atom. The Bertz CT molecular complexity index is 204. The molecule has 0 aromatic carbocycles. The van der Waals surface area contributed by atoms with E-state index in [1.54, 1.807) is 0 Å². The lowest BCUT2D eigenvalue weighted by molar-refractivity contribution is 0.154. The summed E-state index contributed by atoms with van der Waals surface area (Å²) in [6.45, 7) is 8.26. The summed E-state index contributed by atoms with van der Waals surface area (Å²) in [4.78, 5) is 0. The van der Waals surface area contributed by atoms with Crippen LogP contribution in [-0.2, 0) is 0 Å². The first-order chi connectivity index (χ1) is 9.33. The van der Waals surface area contributed by atoms with Crippen molar-refractivity contribution in [3.05, 3.63) is 0 Å². The molecule has 0 radical (unpaired) electrons. The molecule has 0 aromatic rings. The van der Waals surface area contributed by atoms with Gasteiger partial charge in [-0.1, -0.05) is 72.1 Å². The molecule has 1 aliphatic heterocycles. The third-order valence-electron chi connectivity index (χ3n) is 4.96. The zero-order valence-electron chi connectivity index (χ0n) is 14.4.